The number of carbonyl (C=O) groups is 1. The third kappa shape index (κ3) is 2.03. The Hall–Kier alpha value is -2.35. The molecule has 0 aliphatic rings. The van der Waals surface area contributed by atoms with Crippen molar-refractivity contribution < 1.29 is 4.79 Å². The van der Waals surface area contributed by atoms with Crippen LogP contribution in [0, 0.1) is 0 Å². The van der Waals surface area contributed by atoms with E-state index in [4.69, 9.17) is 5.73 Å². The first-order valence-electron chi connectivity index (χ1n) is 5.78. The molecule has 1 amide bonds. The molecule has 0 fully saturated rings. The van der Waals surface area contributed by atoms with E-state index in [-0.39, 0.29) is 11.6 Å². The second-order valence-corrected chi connectivity index (χ2v) is 5.11. The predicted molar refractivity (Wildman–Crippen MR) is 78.5 cm³/mol. The first kappa shape index (κ1) is 12.7. The van der Waals surface area contributed by atoms with Crippen molar-refractivity contribution in [2.75, 3.05) is 11.1 Å². The molecule has 0 aliphatic carbocycles. The molecule has 3 N–H and O–H groups in total. The lowest BCUT2D eigenvalue weighted by atomic mass is 10.4. The number of imidazole rings is 1. The van der Waals surface area contributed by atoms with Crippen molar-refractivity contribution in [2.45, 2.75) is 0 Å². The van der Waals surface area contributed by atoms with Crippen LogP contribution in [-0.4, -0.2) is 25.1 Å². The Balaban J connectivity index is 1.99. The Morgan fingerprint density at radius 2 is 2.30 bits per heavy atom. The number of rotatable bonds is 2. The second-order valence-electron chi connectivity index (χ2n) is 4.25. The van der Waals surface area contributed by atoms with Crippen LogP contribution in [-0.2, 0) is 7.05 Å². The van der Waals surface area contributed by atoms with Crippen molar-refractivity contribution in [3.63, 3.8) is 0 Å². The largest absolute Gasteiger partial charge is 0.383 e. The Labute approximate surface area is 122 Å². The van der Waals surface area contributed by atoms with Gasteiger partial charge in [0.1, 0.15) is 5.82 Å². The van der Waals surface area contributed by atoms with Crippen LogP contribution in [0.4, 0.5) is 11.5 Å². The highest BCUT2D eigenvalue weighted by Crippen LogP contribution is 2.22. The first-order chi connectivity index (χ1) is 9.56. The summed E-state index contributed by atoms with van der Waals surface area (Å²) in [6.45, 7) is 0. The number of aromatic nitrogens is 4. The lowest BCUT2D eigenvalue weighted by molar-refractivity contribution is 0.102. The molecular formula is C12H11BrN6O. The topological polar surface area (TPSA) is 90.2 Å². The summed E-state index contributed by atoms with van der Waals surface area (Å²) in [5.41, 5.74) is 7.34. The minimum Gasteiger partial charge on any atom is -0.383 e. The number of pyridine rings is 1. The molecule has 0 unspecified atom stereocenters. The maximum Gasteiger partial charge on any atom is 0.278 e. The summed E-state index contributed by atoms with van der Waals surface area (Å²) < 4.78 is 4.02. The minimum absolute atomic E-state index is 0.181. The molecule has 3 rings (SSSR count). The highest BCUT2D eigenvalue weighted by molar-refractivity contribution is 9.10. The van der Waals surface area contributed by atoms with Crippen molar-refractivity contribution in [1.29, 1.82) is 0 Å². The summed E-state index contributed by atoms with van der Waals surface area (Å²) in [4.78, 5) is 16.5. The van der Waals surface area contributed by atoms with Gasteiger partial charge in [0.2, 0.25) is 0 Å². The summed E-state index contributed by atoms with van der Waals surface area (Å²) in [5, 5.41) is 6.69. The van der Waals surface area contributed by atoms with Gasteiger partial charge in [0.05, 0.1) is 16.4 Å². The van der Waals surface area contributed by atoms with Crippen LogP contribution in [0.25, 0.3) is 5.65 Å². The number of anilines is 2. The molecule has 0 bridgehead atoms. The summed E-state index contributed by atoms with van der Waals surface area (Å²) in [6, 6.07) is 3.66. The smallest absolute Gasteiger partial charge is 0.278 e. The van der Waals surface area contributed by atoms with Gasteiger partial charge in [-0.05, 0) is 28.1 Å². The van der Waals surface area contributed by atoms with Gasteiger partial charge in [-0.3, -0.25) is 13.9 Å². The number of nitrogens with two attached hydrogens (primary N) is 1. The predicted octanol–water partition coefficient (Wildman–Crippen LogP) is 1.66. The van der Waals surface area contributed by atoms with E-state index in [9.17, 15) is 4.79 Å². The third-order valence-electron chi connectivity index (χ3n) is 2.82. The van der Waals surface area contributed by atoms with Crippen LogP contribution in [0.1, 0.15) is 10.5 Å². The van der Waals surface area contributed by atoms with Crippen molar-refractivity contribution in [1.82, 2.24) is 19.2 Å². The summed E-state index contributed by atoms with van der Waals surface area (Å²) in [6.07, 6.45) is 5.00. The van der Waals surface area contributed by atoms with Crippen molar-refractivity contribution >= 4 is 39.0 Å². The summed E-state index contributed by atoms with van der Waals surface area (Å²) >= 11 is 3.38. The zero-order valence-electron chi connectivity index (χ0n) is 10.5. The zero-order valence-corrected chi connectivity index (χ0v) is 12.1. The van der Waals surface area contributed by atoms with Crippen LogP contribution in [0.2, 0.25) is 0 Å². The fourth-order valence-electron chi connectivity index (χ4n) is 1.90. The number of nitrogens with zero attached hydrogens (tertiary/aromatic N) is 4. The second kappa shape index (κ2) is 4.64. The molecule has 0 atom stereocenters. The average Bonchev–Trinajstić information content (AvgIpc) is 2.95. The number of halogens is 1. The maximum atomic E-state index is 12.2. The molecule has 0 spiro atoms. The zero-order chi connectivity index (χ0) is 14.3. The molecule has 0 saturated carbocycles. The van der Waals surface area contributed by atoms with Crippen molar-refractivity contribution in [3.8, 4) is 0 Å². The molecule has 0 radical (unpaired) electrons. The van der Waals surface area contributed by atoms with E-state index in [0.29, 0.717) is 17.2 Å². The van der Waals surface area contributed by atoms with E-state index in [1.54, 1.807) is 34.7 Å². The fraction of sp³-hybridized carbons (Fsp3) is 0.0833. The van der Waals surface area contributed by atoms with Crippen LogP contribution in [0.3, 0.4) is 0 Å². The van der Waals surface area contributed by atoms with Gasteiger partial charge >= 0.3 is 0 Å². The van der Waals surface area contributed by atoms with Crippen LogP contribution in [0.5, 0.6) is 0 Å². The SMILES string of the molecule is Cn1cc(NC(=O)c2nc3c(Br)cccn3c2N)cn1. The summed E-state index contributed by atoms with van der Waals surface area (Å²) in [7, 11) is 1.77. The monoisotopic (exact) mass is 334 g/mol. The number of fused-ring (bicyclic) bond motifs is 1. The number of nitrogen functional groups attached to an aromatic ring is 1. The minimum atomic E-state index is -0.369. The number of hydrogen-bond donors (Lipinski definition) is 2. The highest BCUT2D eigenvalue weighted by atomic mass is 79.9. The van der Waals surface area contributed by atoms with E-state index >= 15 is 0 Å². The Kier molecular flexibility index (Phi) is 2.94. The van der Waals surface area contributed by atoms with Crippen LogP contribution in [0.15, 0.2) is 35.2 Å². The fourth-order valence-corrected chi connectivity index (χ4v) is 2.33. The molecule has 0 aromatic carbocycles. The number of carbonyl (C=O) groups excluding carboxylic acids is 1. The van der Waals surface area contributed by atoms with Gasteiger partial charge in [-0.1, -0.05) is 0 Å². The molecule has 0 saturated heterocycles. The van der Waals surface area contributed by atoms with Crippen molar-refractivity contribution in [3.05, 3.63) is 40.9 Å². The normalized spacial score (nSPS) is 10.9. The van der Waals surface area contributed by atoms with Gasteiger partial charge < -0.3 is 11.1 Å². The van der Waals surface area contributed by atoms with Crippen LogP contribution < -0.4 is 11.1 Å². The first-order valence-corrected chi connectivity index (χ1v) is 6.57. The van der Waals surface area contributed by atoms with Crippen LogP contribution >= 0.6 is 15.9 Å². The number of aryl methyl sites for hydroxylation is 1. The molecule has 8 heteroatoms. The quantitative estimate of drug-likeness (QED) is 0.745. The van der Waals surface area contributed by atoms with Gasteiger partial charge in [-0.15, -0.1) is 0 Å². The van der Waals surface area contributed by atoms with E-state index in [2.05, 4.69) is 31.3 Å². The van der Waals surface area contributed by atoms with E-state index in [1.165, 1.54) is 0 Å². The highest BCUT2D eigenvalue weighted by Gasteiger charge is 2.18. The average molecular weight is 335 g/mol. The Bertz CT molecular complexity index is 805. The van der Waals surface area contributed by atoms with E-state index in [0.717, 1.165) is 4.47 Å². The van der Waals surface area contributed by atoms with Gasteiger partial charge in [0.25, 0.3) is 5.91 Å². The standard InChI is InChI=1S/C12H11BrN6O/c1-18-6-7(5-15-18)16-12(20)9-10(14)19-4-2-3-8(13)11(19)17-9/h2-6H,14H2,1H3,(H,16,20). The molecule has 3 aromatic rings. The molecule has 102 valence electrons. The van der Waals surface area contributed by atoms with Gasteiger partial charge in [0.15, 0.2) is 11.3 Å². The van der Waals surface area contributed by atoms with E-state index in [1.807, 2.05) is 12.1 Å². The molecule has 3 aromatic heterocycles. The van der Waals surface area contributed by atoms with Gasteiger partial charge in [-0.25, -0.2) is 4.98 Å². The van der Waals surface area contributed by atoms with Gasteiger partial charge in [-0.2, -0.15) is 5.10 Å². The Morgan fingerprint density at radius 1 is 1.50 bits per heavy atom. The van der Waals surface area contributed by atoms with Crippen molar-refractivity contribution in [2.24, 2.45) is 7.05 Å². The Morgan fingerprint density at radius 3 is 2.95 bits per heavy atom. The molecule has 20 heavy (non-hydrogen) atoms. The molecule has 3 heterocycles. The molecule has 7 nitrogen and oxygen atoms in total. The number of nitrogens with one attached hydrogen (secondary N) is 1. The third-order valence-corrected chi connectivity index (χ3v) is 3.44. The number of hydrogen-bond acceptors (Lipinski definition) is 4. The maximum absolute atomic E-state index is 12.2. The summed E-state index contributed by atoms with van der Waals surface area (Å²) in [5.74, 6) is -0.0752. The number of amides is 1. The van der Waals surface area contributed by atoms with E-state index < -0.39 is 0 Å². The van der Waals surface area contributed by atoms with Gasteiger partial charge in [0, 0.05) is 19.4 Å². The lowest BCUT2D eigenvalue weighted by Gasteiger charge is -2.00. The molecule has 0 aliphatic heterocycles. The lowest BCUT2D eigenvalue weighted by Crippen LogP contribution is -2.14. The molecular weight excluding hydrogens is 324 g/mol.